The van der Waals surface area contributed by atoms with E-state index >= 15 is 0 Å². The minimum atomic E-state index is -0.659. The molecule has 0 fully saturated rings. The normalized spacial score (nSPS) is 10.2. The molecule has 0 saturated heterocycles. The van der Waals surface area contributed by atoms with Crippen molar-refractivity contribution in [2.24, 2.45) is 5.73 Å². The molecule has 2 aromatic carbocycles. The molecule has 4 N–H and O–H groups in total. The number of carbonyl (C=O) groups is 2. The Bertz CT molecular complexity index is 731. The lowest BCUT2D eigenvalue weighted by atomic mass is 10.00. The number of hydrogen-bond acceptors (Lipinski definition) is 2. The van der Waals surface area contributed by atoms with E-state index in [0.717, 1.165) is 16.7 Å². The van der Waals surface area contributed by atoms with Gasteiger partial charge in [-0.25, -0.2) is 4.79 Å². The third-order valence-corrected chi connectivity index (χ3v) is 3.66. The number of carbonyl (C=O) groups excluding carboxylic acids is 2. The third kappa shape index (κ3) is 4.32. The Morgan fingerprint density at radius 3 is 2.30 bits per heavy atom. The standard InChI is InChI=1S/C18H21N3O2/c1-11-7-12(2)16(13(3)8-11)10-20-17(22)14-5-4-6-15(9-14)21-18(19)23/h4-9H,10H2,1-3H3,(H,20,22)(H3,19,21,23). The first-order valence-electron chi connectivity index (χ1n) is 7.38. The number of primary amides is 1. The van der Waals surface area contributed by atoms with Gasteiger partial charge >= 0.3 is 6.03 Å². The minimum Gasteiger partial charge on any atom is -0.351 e. The molecule has 0 atom stereocenters. The summed E-state index contributed by atoms with van der Waals surface area (Å²) in [7, 11) is 0. The second-order valence-electron chi connectivity index (χ2n) is 5.63. The Hall–Kier alpha value is -2.82. The van der Waals surface area contributed by atoms with Crippen LogP contribution in [0.2, 0.25) is 0 Å². The van der Waals surface area contributed by atoms with Crippen molar-refractivity contribution in [1.82, 2.24) is 5.32 Å². The quantitative estimate of drug-likeness (QED) is 0.811. The van der Waals surface area contributed by atoms with Crippen LogP contribution in [0, 0.1) is 20.8 Å². The Labute approximate surface area is 135 Å². The van der Waals surface area contributed by atoms with Crippen LogP contribution in [0.1, 0.15) is 32.6 Å². The smallest absolute Gasteiger partial charge is 0.316 e. The lowest BCUT2D eigenvalue weighted by Crippen LogP contribution is -2.24. The zero-order valence-corrected chi connectivity index (χ0v) is 13.6. The van der Waals surface area contributed by atoms with Gasteiger partial charge in [-0.2, -0.15) is 0 Å². The SMILES string of the molecule is Cc1cc(C)c(CNC(=O)c2cccc(NC(N)=O)c2)c(C)c1. The van der Waals surface area contributed by atoms with Gasteiger partial charge in [-0.05, 0) is 55.7 Å². The van der Waals surface area contributed by atoms with Gasteiger partial charge in [0.15, 0.2) is 0 Å². The van der Waals surface area contributed by atoms with E-state index in [1.54, 1.807) is 24.3 Å². The second-order valence-corrected chi connectivity index (χ2v) is 5.63. The van der Waals surface area contributed by atoms with Gasteiger partial charge in [-0.3, -0.25) is 4.79 Å². The number of hydrogen-bond donors (Lipinski definition) is 3. The van der Waals surface area contributed by atoms with Gasteiger partial charge in [0.1, 0.15) is 0 Å². The van der Waals surface area contributed by atoms with Gasteiger partial charge in [0, 0.05) is 17.8 Å². The fraction of sp³-hybridized carbons (Fsp3) is 0.222. The number of amides is 3. The molecule has 2 aromatic rings. The van der Waals surface area contributed by atoms with Crippen molar-refractivity contribution >= 4 is 17.6 Å². The number of nitrogens with two attached hydrogens (primary N) is 1. The molecule has 0 bridgehead atoms. The molecule has 120 valence electrons. The molecule has 0 aliphatic carbocycles. The number of aryl methyl sites for hydroxylation is 3. The number of rotatable bonds is 4. The van der Waals surface area contributed by atoms with Gasteiger partial charge in [-0.1, -0.05) is 23.8 Å². The van der Waals surface area contributed by atoms with Crippen molar-refractivity contribution in [2.75, 3.05) is 5.32 Å². The Kier molecular flexibility index (Phi) is 5.01. The fourth-order valence-electron chi connectivity index (χ4n) is 2.64. The van der Waals surface area contributed by atoms with E-state index in [1.165, 1.54) is 5.56 Å². The average Bonchev–Trinajstić information content (AvgIpc) is 2.45. The summed E-state index contributed by atoms with van der Waals surface area (Å²) in [4.78, 5) is 23.2. The van der Waals surface area contributed by atoms with Gasteiger partial charge in [0.2, 0.25) is 0 Å². The van der Waals surface area contributed by atoms with E-state index in [2.05, 4.69) is 29.7 Å². The summed E-state index contributed by atoms with van der Waals surface area (Å²) in [6.07, 6.45) is 0. The van der Waals surface area contributed by atoms with Crippen LogP contribution >= 0.6 is 0 Å². The maximum Gasteiger partial charge on any atom is 0.316 e. The van der Waals surface area contributed by atoms with E-state index in [9.17, 15) is 9.59 Å². The van der Waals surface area contributed by atoms with E-state index in [1.807, 2.05) is 13.8 Å². The van der Waals surface area contributed by atoms with Crippen LogP contribution in [-0.4, -0.2) is 11.9 Å². The number of benzene rings is 2. The molecule has 0 heterocycles. The molecule has 0 saturated carbocycles. The lowest BCUT2D eigenvalue weighted by Gasteiger charge is -2.13. The Morgan fingerprint density at radius 1 is 1.04 bits per heavy atom. The molecule has 0 aromatic heterocycles. The highest BCUT2D eigenvalue weighted by molar-refractivity contribution is 5.96. The molecule has 0 aliphatic rings. The van der Waals surface area contributed by atoms with Crippen molar-refractivity contribution in [3.63, 3.8) is 0 Å². The van der Waals surface area contributed by atoms with Crippen LogP contribution in [0.25, 0.3) is 0 Å². The first-order chi connectivity index (χ1) is 10.9. The first-order valence-corrected chi connectivity index (χ1v) is 7.38. The molecule has 0 unspecified atom stereocenters. The molecule has 2 rings (SSSR count). The number of anilines is 1. The van der Waals surface area contributed by atoms with Crippen LogP contribution in [0.15, 0.2) is 36.4 Å². The summed E-state index contributed by atoms with van der Waals surface area (Å²) >= 11 is 0. The molecular weight excluding hydrogens is 290 g/mol. The van der Waals surface area contributed by atoms with Gasteiger partial charge in [0.25, 0.3) is 5.91 Å². The predicted molar refractivity (Wildman–Crippen MR) is 91.5 cm³/mol. The number of urea groups is 1. The molecule has 0 aliphatic heterocycles. The highest BCUT2D eigenvalue weighted by Crippen LogP contribution is 2.16. The van der Waals surface area contributed by atoms with E-state index < -0.39 is 6.03 Å². The molecule has 5 nitrogen and oxygen atoms in total. The largest absolute Gasteiger partial charge is 0.351 e. The predicted octanol–water partition coefficient (Wildman–Crippen LogP) is 3.03. The molecule has 5 heteroatoms. The zero-order chi connectivity index (χ0) is 17.0. The maximum absolute atomic E-state index is 12.3. The van der Waals surface area contributed by atoms with Crippen molar-refractivity contribution < 1.29 is 9.59 Å². The van der Waals surface area contributed by atoms with Gasteiger partial charge in [-0.15, -0.1) is 0 Å². The lowest BCUT2D eigenvalue weighted by molar-refractivity contribution is 0.0951. The van der Waals surface area contributed by atoms with E-state index in [-0.39, 0.29) is 5.91 Å². The number of nitrogens with one attached hydrogen (secondary N) is 2. The first kappa shape index (κ1) is 16.5. The molecule has 3 amide bonds. The van der Waals surface area contributed by atoms with E-state index in [0.29, 0.717) is 17.8 Å². The van der Waals surface area contributed by atoms with Crippen molar-refractivity contribution in [3.8, 4) is 0 Å². The summed E-state index contributed by atoms with van der Waals surface area (Å²) in [6.45, 7) is 6.60. The van der Waals surface area contributed by atoms with Crippen LogP contribution in [0.5, 0.6) is 0 Å². The van der Waals surface area contributed by atoms with Crippen LogP contribution in [0.3, 0.4) is 0 Å². The van der Waals surface area contributed by atoms with Crippen LogP contribution in [-0.2, 0) is 6.54 Å². The molecule has 23 heavy (non-hydrogen) atoms. The second kappa shape index (κ2) is 6.96. The summed E-state index contributed by atoms with van der Waals surface area (Å²) < 4.78 is 0. The summed E-state index contributed by atoms with van der Waals surface area (Å²) in [6, 6.07) is 10.2. The van der Waals surface area contributed by atoms with Crippen molar-refractivity contribution in [1.29, 1.82) is 0 Å². The summed E-state index contributed by atoms with van der Waals surface area (Å²) in [5.74, 6) is -0.197. The Balaban J connectivity index is 2.10. The van der Waals surface area contributed by atoms with E-state index in [4.69, 9.17) is 5.73 Å². The highest BCUT2D eigenvalue weighted by Gasteiger charge is 2.09. The molecular formula is C18H21N3O2. The average molecular weight is 311 g/mol. The third-order valence-electron chi connectivity index (χ3n) is 3.66. The highest BCUT2D eigenvalue weighted by atomic mass is 16.2. The maximum atomic E-state index is 12.3. The molecule has 0 spiro atoms. The van der Waals surface area contributed by atoms with Crippen molar-refractivity contribution in [3.05, 3.63) is 64.2 Å². The molecule has 0 radical (unpaired) electrons. The van der Waals surface area contributed by atoms with Crippen LogP contribution < -0.4 is 16.4 Å². The van der Waals surface area contributed by atoms with Crippen molar-refractivity contribution in [2.45, 2.75) is 27.3 Å². The fourth-order valence-corrected chi connectivity index (χ4v) is 2.64. The van der Waals surface area contributed by atoms with Gasteiger partial charge in [0.05, 0.1) is 0 Å². The Morgan fingerprint density at radius 2 is 1.70 bits per heavy atom. The topological polar surface area (TPSA) is 84.2 Å². The summed E-state index contributed by atoms with van der Waals surface area (Å²) in [5, 5.41) is 5.37. The van der Waals surface area contributed by atoms with Gasteiger partial charge < -0.3 is 16.4 Å². The summed E-state index contributed by atoms with van der Waals surface area (Å²) in [5.41, 5.74) is 10.7. The monoisotopic (exact) mass is 311 g/mol. The van der Waals surface area contributed by atoms with Crippen LogP contribution in [0.4, 0.5) is 10.5 Å². The zero-order valence-electron chi connectivity index (χ0n) is 13.6. The minimum absolute atomic E-state index is 0.197.